The van der Waals surface area contributed by atoms with Gasteiger partial charge in [0.25, 0.3) is 0 Å². The third kappa shape index (κ3) is 4.90. The highest BCUT2D eigenvalue weighted by Crippen LogP contribution is 2.25. The van der Waals surface area contributed by atoms with Gasteiger partial charge < -0.3 is 0 Å². The molecule has 0 N–H and O–H groups in total. The van der Waals surface area contributed by atoms with E-state index < -0.39 is 0 Å². The lowest BCUT2D eigenvalue weighted by molar-refractivity contribution is 0.103. The van der Waals surface area contributed by atoms with Crippen LogP contribution >= 0.6 is 23.2 Å². The van der Waals surface area contributed by atoms with Gasteiger partial charge in [0.05, 0.1) is 10.0 Å². The molecule has 0 aliphatic heterocycles. The van der Waals surface area contributed by atoms with Gasteiger partial charge in [0, 0.05) is 24.2 Å². The number of carbonyl (C=O) groups excluding carboxylic acids is 1. The van der Waals surface area contributed by atoms with Crippen LogP contribution in [0.25, 0.3) is 11.1 Å². The molecule has 0 aliphatic rings. The molecule has 3 aromatic rings. The van der Waals surface area contributed by atoms with E-state index in [0.717, 1.165) is 24.2 Å². The van der Waals surface area contributed by atoms with Crippen molar-refractivity contribution >= 4 is 29.0 Å². The summed E-state index contributed by atoms with van der Waals surface area (Å²) in [5.74, 6) is -0.0780. The van der Waals surface area contributed by atoms with Gasteiger partial charge in [0.1, 0.15) is 0 Å². The fourth-order valence-electron chi connectivity index (χ4n) is 3.02. The SMILES string of the molecule is C=CCN(C)Cc1ccc(-c2ccc(C(=O)c3ccc(Cl)c(Cl)c3)cc2)cc1. The van der Waals surface area contributed by atoms with E-state index in [1.54, 1.807) is 18.2 Å². The number of nitrogens with zero attached hydrogens (tertiary/aromatic N) is 1. The molecule has 3 aromatic carbocycles. The molecule has 3 rings (SSSR count). The van der Waals surface area contributed by atoms with Gasteiger partial charge >= 0.3 is 0 Å². The number of hydrogen-bond donors (Lipinski definition) is 0. The maximum atomic E-state index is 12.6. The van der Waals surface area contributed by atoms with E-state index in [1.165, 1.54) is 5.56 Å². The highest BCUT2D eigenvalue weighted by molar-refractivity contribution is 6.42. The summed E-state index contributed by atoms with van der Waals surface area (Å²) >= 11 is 11.9. The van der Waals surface area contributed by atoms with Crippen LogP contribution in [0.2, 0.25) is 10.0 Å². The van der Waals surface area contributed by atoms with Gasteiger partial charge in [-0.15, -0.1) is 6.58 Å². The fraction of sp³-hybridized carbons (Fsp3) is 0.125. The lowest BCUT2D eigenvalue weighted by Crippen LogP contribution is -2.17. The number of carbonyl (C=O) groups is 1. The predicted molar refractivity (Wildman–Crippen MR) is 118 cm³/mol. The minimum absolute atomic E-state index is 0.0780. The third-order valence-electron chi connectivity index (χ3n) is 4.51. The van der Waals surface area contributed by atoms with Gasteiger partial charge in [-0.1, -0.05) is 77.8 Å². The Labute approximate surface area is 176 Å². The molecule has 28 heavy (non-hydrogen) atoms. The number of benzene rings is 3. The van der Waals surface area contributed by atoms with E-state index >= 15 is 0 Å². The van der Waals surface area contributed by atoms with Crippen molar-refractivity contribution in [3.05, 3.63) is 106 Å². The molecule has 0 radical (unpaired) electrons. The molecule has 0 saturated carbocycles. The normalized spacial score (nSPS) is 10.9. The molecular weight excluding hydrogens is 389 g/mol. The average Bonchev–Trinajstić information content (AvgIpc) is 2.70. The van der Waals surface area contributed by atoms with Gasteiger partial charge in [-0.2, -0.15) is 0 Å². The van der Waals surface area contributed by atoms with Crippen LogP contribution in [0.4, 0.5) is 0 Å². The smallest absolute Gasteiger partial charge is 0.193 e. The van der Waals surface area contributed by atoms with Crippen LogP contribution in [0.1, 0.15) is 21.5 Å². The topological polar surface area (TPSA) is 20.3 Å². The van der Waals surface area contributed by atoms with Crippen LogP contribution in [0.5, 0.6) is 0 Å². The summed E-state index contributed by atoms with van der Waals surface area (Å²) in [7, 11) is 2.07. The number of ketones is 1. The molecule has 0 saturated heterocycles. The Hall–Kier alpha value is -2.39. The summed E-state index contributed by atoms with van der Waals surface area (Å²) in [5.41, 5.74) is 4.57. The van der Waals surface area contributed by atoms with Crippen molar-refractivity contribution in [1.82, 2.24) is 4.90 Å². The van der Waals surface area contributed by atoms with Crippen molar-refractivity contribution in [3.8, 4) is 11.1 Å². The summed E-state index contributed by atoms with van der Waals surface area (Å²) in [6, 6.07) is 21.0. The van der Waals surface area contributed by atoms with E-state index in [2.05, 4.69) is 42.8 Å². The van der Waals surface area contributed by atoms with Crippen LogP contribution in [0, 0.1) is 0 Å². The van der Waals surface area contributed by atoms with Crippen molar-refractivity contribution in [3.63, 3.8) is 0 Å². The Morgan fingerprint density at radius 3 is 2.04 bits per heavy atom. The fourth-order valence-corrected chi connectivity index (χ4v) is 3.32. The molecule has 0 aromatic heterocycles. The first-order valence-corrected chi connectivity index (χ1v) is 9.72. The van der Waals surface area contributed by atoms with Gasteiger partial charge in [-0.25, -0.2) is 0 Å². The van der Waals surface area contributed by atoms with E-state index in [9.17, 15) is 4.79 Å². The van der Waals surface area contributed by atoms with Crippen LogP contribution in [-0.2, 0) is 6.54 Å². The average molecular weight is 410 g/mol. The Morgan fingerprint density at radius 2 is 1.46 bits per heavy atom. The second-order valence-corrected chi connectivity index (χ2v) is 7.53. The van der Waals surface area contributed by atoms with E-state index in [4.69, 9.17) is 23.2 Å². The van der Waals surface area contributed by atoms with Gasteiger partial charge in [-0.05, 0) is 41.9 Å². The maximum absolute atomic E-state index is 12.6. The Morgan fingerprint density at radius 1 is 0.893 bits per heavy atom. The van der Waals surface area contributed by atoms with Gasteiger partial charge in [0.2, 0.25) is 0 Å². The van der Waals surface area contributed by atoms with Crippen LogP contribution < -0.4 is 0 Å². The molecular formula is C24H21Cl2NO. The number of halogens is 2. The second kappa shape index (κ2) is 9.20. The zero-order chi connectivity index (χ0) is 20.1. The van der Waals surface area contributed by atoms with Crippen molar-refractivity contribution in [2.45, 2.75) is 6.54 Å². The molecule has 0 fully saturated rings. The molecule has 0 amide bonds. The van der Waals surface area contributed by atoms with Crippen molar-refractivity contribution in [2.75, 3.05) is 13.6 Å². The molecule has 2 nitrogen and oxygen atoms in total. The zero-order valence-corrected chi connectivity index (χ0v) is 17.2. The summed E-state index contributed by atoms with van der Waals surface area (Å²) in [4.78, 5) is 14.8. The number of likely N-dealkylation sites (N-methyl/N-ethyl adjacent to an activating group) is 1. The summed E-state index contributed by atoms with van der Waals surface area (Å²) in [5, 5.41) is 0.815. The summed E-state index contributed by atoms with van der Waals surface area (Å²) < 4.78 is 0. The quantitative estimate of drug-likeness (QED) is 0.327. The number of hydrogen-bond acceptors (Lipinski definition) is 2. The Bertz CT molecular complexity index is 978. The molecule has 4 heteroatoms. The van der Waals surface area contributed by atoms with Gasteiger partial charge in [0.15, 0.2) is 5.78 Å². The molecule has 0 aliphatic carbocycles. The summed E-state index contributed by atoms with van der Waals surface area (Å²) in [6.07, 6.45) is 1.90. The minimum Gasteiger partial charge on any atom is -0.298 e. The van der Waals surface area contributed by atoms with Crippen LogP contribution in [-0.4, -0.2) is 24.3 Å². The molecule has 0 heterocycles. The van der Waals surface area contributed by atoms with E-state index in [-0.39, 0.29) is 5.78 Å². The predicted octanol–water partition coefficient (Wildman–Crippen LogP) is 6.51. The first-order valence-electron chi connectivity index (χ1n) is 8.96. The molecule has 0 atom stereocenters. The monoisotopic (exact) mass is 409 g/mol. The largest absolute Gasteiger partial charge is 0.298 e. The lowest BCUT2D eigenvalue weighted by Gasteiger charge is -2.14. The first kappa shape index (κ1) is 20.3. The van der Waals surface area contributed by atoms with E-state index in [0.29, 0.717) is 21.2 Å². The van der Waals surface area contributed by atoms with Crippen molar-refractivity contribution in [2.24, 2.45) is 0 Å². The summed E-state index contributed by atoms with van der Waals surface area (Å²) in [6.45, 7) is 5.50. The first-order chi connectivity index (χ1) is 13.5. The van der Waals surface area contributed by atoms with E-state index in [1.807, 2.05) is 30.3 Å². The molecule has 0 spiro atoms. The van der Waals surface area contributed by atoms with Crippen molar-refractivity contribution in [1.29, 1.82) is 0 Å². The lowest BCUT2D eigenvalue weighted by atomic mass is 9.99. The Kier molecular flexibility index (Phi) is 6.69. The molecule has 0 unspecified atom stereocenters. The highest BCUT2D eigenvalue weighted by atomic mass is 35.5. The minimum atomic E-state index is -0.0780. The van der Waals surface area contributed by atoms with Crippen molar-refractivity contribution < 1.29 is 4.79 Å². The van der Waals surface area contributed by atoms with Crippen LogP contribution in [0.3, 0.4) is 0 Å². The second-order valence-electron chi connectivity index (χ2n) is 6.72. The van der Waals surface area contributed by atoms with Crippen LogP contribution in [0.15, 0.2) is 79.4 Å². The maximum Gasteiger partial charge on any atom is 0.193 e. The third-order valence-corrected chi connectivity index (χ3v) is 5.25. The van der Waals surface area contributed by atoms with Gasteiger partial charge in [-0.3, -0.25) is 9.69 Å². The molecule has 142 valence electrons. The zero-order valence-electron chi connectivity index (χ0n) is 15.7. The Balaban J connectivity index is 1.74. The molecule has 0 bridgehead atoms. The standard InChI is InChI=1S/C24H21Cl2NO/c1-3-14-27(2)16-17-4-6-18(7-5-17)19-8-10-20(11-9-19)24(28)21-12-13-22(25)23(26)15-21/h3-13,15H,1,14,16H2,2H3. The number of rotatable bonds is 7. The highest BCUT2D eigenvalue weighted by Gasteiger charge is 2.11.